The lowest BCUT2D eigenvalue weighted by Gasteiger charge is -2.41. The molecule has 0 atom stereocenters. The minimum Gasteiger partial charge on any atom is -0.277 e. The summed E-state index contributed by atoms with van der Waals surface area (Å²) in [4.78, 5) is 24.4. The first kappa shape index (κ1) is 15.1. The lowest BCUT2D eigenvalue weighted by Crippen LogP contribution is -2.62. The van der Waals surface area contributed by atoms with Crippen molar-refractivity contribution in [2.75, 3.05) is 13.1 Å². The minimum atomic E-state index is -3.53. The molecule has 2 aliphatic rings. The van der Waals surface area contributed by atoms with E-state index in [0.717, 1.165) is 0 Å². The Bertz CT molecular complexity index is 695. The van der Waals surface area contributed by atoms with Crippen LogP contribution in [0.3, 0.4) is 0 Å². The number of carbonyl (C=O) groups is 2. The average Bonchev–Trinajstić information content (AvgIpc) is 2.71. The van der Waals surface area contributed by atoms with Crippen LogP contribution in [0.25, 0.3) is 0 Å². The molecule has 1 aromatic carbocycles. The summed E-state index contributed by atoms with van der Waals surface area (Å²) in [5.41, 5.74) is 0.498. The lowest BCUT2D eigenvalue weighted by molar-refractivity contribution is -0.143. The van der Waals surface area contributed by atoms with Crippen LogP contribution in [0.4, 0.5) is 4.39 Å². The Labute approximate surface area is 127 Å². The highest BCUT2D eigenvalue weighted by atomic mass is 32.2. The number of likely N-dealkylation sites (tertiary alicyclic amines) is 1. The van der Waals surface area contributed by atoms with Gasteiger partial charge in [0.2, 0.25) is 21.8 Å². The molecular formula is C14H15FN2O4S. The van der Waals surface area contributed by atoms with E-state index in [0.29, 0.717) is 5.56 Å². The Balaban J connectivity index is 1.62. The van der Waals surface area contributed by atoms with Crippen molar-refractivity contribution >= 4 is 21.8 Å². The number of benzene rings is 1. The van der Waals surface area contributed by atoms with Gasteiger partial charge in [-0.25, -0.2) is 12.8 Å². The summed E-state index contributed by atoms with van der Waals surface area (Å²) in [5.74, 6) is -1.10. The van der Waals surface area contributed by atoms with Crippen molar-refractivity contribution in [2.24, 2.45) is 0 Å². The van der Waals surface area contributed by atoms with Crippen molar-refractivity contribution in [3.05, 3.63) is 35.6 Å². The monoisotopic (exact) mass is 326 g/mol. The maximum atomic E-state index is 12.8. The fourth-order valence-corrected chi connectivity index (χ4v) is 4.29. The molecule has 2 heterocycles. The van der Waals surface area contributed by atoms with E-state index >= 15 is 0 Å². The second-order valence-electron chi connectivity index (χ2n) is 5.51. The van der Waals surface area contributed by atoms with Gasteiger partial charge in [-0.2, -0.15) is 4.31 Å². The van der Waals surface area contributed by atoms with Crippen LogP contribution in [0.5, 0.6) is 0 Å². The standard InChI is InChI=1S/C14H15FN2O4S/c15-11-3-1-10(2-4-11)9-22(20,21)16-7-12(8-16)17-13(18)5-6-14(17)19/h1-4,12H,5-9H2. The topological polar surface area (TPSA) is 74.8 Å². The minimum absolute atomic E-state index is 0.140. The van der Waals surface area contributed by atoms with Gasteiger partial charge >= 0.3 is 0 Å². The largest absolute Gasteiger partial charge is 0.277 e. The summed E-state index contributed by atoms with van der Waals surface area (Å²) in [5, 5.41) is 0. The van der Waals surface area contributed by atoms with E-state index < -0.39 is 15.8 Å². The van der Waals surface area contributed by atoms with Gasteiger partial charge in [0.25, 0.3) is 0 Å². The Morgan fingerprint density at radius 1 is 1.05 bits per heavy atom. The molecule has 0 aromatic heterocycles. The number of hydrogen-bond donors (Lipinski definition) is 0. The number of imide groups is 1. The van der Waals surface area contributed by atoms with E-state index in [2.05, 4.69) is 0 Å². The zero-order valence-corrected chi connectivity index (χ0v) is 12.6. The molecule has 2 amide bonds. The predicted octanol–water partition coefficient (Wildman–Crippen LogP) is 0.489. The van der Waals surface area contributed by atoms with Crippen LogP contribution in [-0.2, 0) is 25.4 Å². The van der Waals surface area contributed by atoms with E-state index in [1.54, 1.807) is 0 Å². The second-order valence-corrected chi connectivity index (χ2v) is 7.48. The predicted molar refractivity (Wildman–Crippen MR) is 75.5 cm³/mol. The summed E-state index contributed by atoms with van der Waals surface area (Å²) in [7, 11) is -3.53. The number of amides is 2. The van der Waals surface area contributed by atoms with Crippen LogP contribution < -0.4 is 0 Å². The summed E-state index contributed by atoms with van der Waals surface area (Å²) in [6, 6.07) is 4.93. The molecule has 3 rings (SSSR count). The summed E-state index contributed by atoms with van der Waals surface area (Å²) in [6.45, 7) is 0.280. The first-order valence-electron chi connectivity index (χ1n) is 6.94. The van der Waals surface area contributed by atoms with Gasteiger partial charge < -0.3 is 0 Å². The molecule has 6 nitrogen and oxygen atoms in total. The molecule has 2 saturated heterocycles. The van der Waals surface area contributed by atoms with Crippen molar-refractivity contribution < 1.29 is 22.4 Å². The van der Waals surface area contributed by atoms with Gasteiger partial charge in [-0.05, 0) is 17.7 Å². The first-order valence-corrected chi connectivity index (χ1v) is 8.55. The third-order valence-electron chi connectivity index (χ3n) is 3.94. The molecule has 22 heavy (non-hydrogen) atoms. The Hall–Kier alpha value is -1.80. The zero-order chi connectivity index (χ0) is 15.9. The van der Waals surface area contributed by atoms with Crippen molar-refractivity contribution in [3.8, 4) is 0 Å². The maximum absolute atomic E-state index is 12.8. The normalized spacial score (nSPS) is 20.5. The molecule has 0 spiro atoms. The smallest absolute Gasteiger partial charge is 0.230 e. The SMILES string of the molecule is O=C1CCC(=O)N1C1CN(S(=O)(=O)Cc2ccc(F)cc2)C1. The Morgan fingerprint density at radius 3 is 2.14 bits per heavy atom. The molecule has 2 aliphatic heterocycles. The fourth-order valence-electron chi connectivity index (χ4n) is 2.69. The van der Waals surface area contributed by atoms with Gasteiger partial charge in [0.15, 0.2) is 0 Å². The van der Waals surface area contributed by atoms with E-state index in [9.17, 15) is 22.4 Å². The Morgan fingerprint density at radius 2 is 1.59 bits per heavy atom. The third-order valence-corrected chi connectivity index (χ3v) is 5.72. The van der Waals surface area contributed by atoms with Crippen molar-refractivity contribution in [1.29, 1.82) is 0 Å². The second kappa shape index (κ2) is 5.44. The average molecular weight is 326 g/mol. The van der Waals surface area contributed by atoms with Crippen LogP contribution in [0.15, 0.2) is 24.3 Å². The first-order chi connectivity index (χ1) is 10.4. The summed E-state index contributed by atoms with van der Waals surface area (Å²) >= 11 is 0. The molecule has 8 heteroatoms. The van der Waals surface area contributed by atoms with Crippen LogP contribution >= 0.6 is 0 Å². The number of carbonyl (C=O) groups excluding carboxylic acids is 2. The molecular weight excluding hydrogens is 311 g/mol. The van der Waals surface area contributed by atoms with Gasteiger partial charge in [-0.15, -0.1) is 0 Å². The maximum Gasteiger partial charge on any atom is 0.230 e. The Kier molecular flexibility index (Phi) is 3.73. The number of nitrogens with zero attached hydrogens (tertiary/aromatic N) is 2. The molecule has 0 bridgehead atoms. The van der Waals surface area contributed by atoms with Crippen LogP contribution in [-0.4, -0.2) is 48.6 Å². The molecule has 0 N–H and O–H groups in total. The van der Waals surface area contributed by atoms with Crippen molar-refractivity contribution in [3.63, 3.8) is 0 Å². The van der Waals surface area contributed by atoms with Crippen molar-refractivity contribution in [2.45, 2.75) is 24.6 Å². The quantitative estimate of drug-likeness (QED) is 0.755. The van der Waals surface area contributed by atoms with Crippen LogP contribution in [0.2, 0.25) is 0 Å². The summed E-state index contributed by atoms with van der Waals surface area (Å²) < 4.78 is 38.5. The lowest BCUT2D eigenvalue weighted by atomic mass is 10.1. The molecule has 118 valence electrons. The fraction of sp³-hybridized carbons (Fsp3) is 0.429. The van der Waals surface area contributed by atoms with E-state index in [1.807, 2.05) is 0 Å². The zero-order valence-electron chi connectivity index (χ0n) is 11.7. The molecule has 0 aliphatic carbocycles. The number of sulfonamides is 1. The highest BCUT2D eigenvalue weighted by Gasteiger charge is 2.44. The van der Waals surface area contributed by atoms with Crippen LogP contribution in [0.1, 0.15) is 18.4 Å². The van der Waals surface area contributed by atoms with Gasteiger partial charge in [-0.1, -0.05) is 12.1 Å². The van der Waals surface area contributed by atoms with Gasteiger partial charge in [0.05, 0.1) is 11.8 Å². The third kappa shape index (κ3) is 2.76. The van der Waals surface area contributed by atoms with Crippen molar-refractivity contribution in [1.82, 2.24) is 9.21 Å². The van der Waals surface area contributed by atoms with Gasteiger partial charge in [0.1, 0.15) is 5.82 Å². The molecule has 0 unspecified atom stereocenters. The molecule has 1 aromatic rings. The molecule has 0 radical (unpaired) electrons. The molecule has 2 fully saturated rings. The van der Waals surface area contributed by atoms with E-state index in [4.69, 9.17) is 0 Å². The number of halogens is 1. The van der Waals surface area contributed by atoms with Crippen LogP contribution in [0, 0.1) is 5.82 Å². The van der Waals surface area contributed by atoms with Gasteiger partial charge in [0, 0.05) is 25.9 Å². The number of rotatable bonds is 4. The highest BCUT2D eigenvalue weighted by molar-refractivity contribution is 7.88. The van der Waals surface area contributed by atoms with Gasteiger partial charge in [-0.3, -0.25) is 14.5 Å². The summed E-state index contributed by atoms with van der Waals surface area (Å²) in [6.07, 6.45) is 0.412. The van der Waals surface area contributed by atoms with E-state index in [1.165, 1.54) is 33.5 Å². The molecule has 0 saturated carbocycles. The number of hydrogen-bond acceptors (Lipinski definition) is 4. The highest BCUT2D eigenvalue weighted by Crippen LogP contribution is 2.25. The van der Waals surface area contributed by atoms with E-state index in [-0.39, 0.29) is 49.5 Å².